The summed E-state index contributed by atoms with van der Waals surface area (Å²) in [6.45, 7) is 3.22. The third kappa shape index (κ3) is 6.94. The Morgan fingerprint density at radius 3 is 2.26 bits per heavy atom. The maximum atomic E-state index is 14.4. The number of nitrogens with zero attached hydrogens (tertiary/aromatic N) is 4. The van der Waals surface area contributed by atoms with E-state index in [2.05, 4.69) is 27.2 Å². The second kappa shape index (κ2) is 15.1. The van der Waals surface area contributed by atoms with Crippen LogP contribution < -0.4 is 16.0 Å². The number of anilines is 2. The van der Waals surface area contributed by atoms with Crippen molar-refractivity contribution in [2.24, 2.45) is 29.4 Å². The van der Waals surface area contributed by atoms with Crippen LogP contribution in [0.25, 0.3) is 0 Å². The smallest absolute Gasteiger partial charge is 0.235 e. The van der Waals surface area contributed by atoms with Gasteiger partial charge in [0.05, 0.1) is 36.3 Å². The monoisotopic (exact) mass is 742 g/mol. The number of aliphatic hydroxyl groups is 1. The molecule has 0 bridgehead atoms. The number of benzene rings is 2. The van der Waals surface area contributed by atoms with Crippen molar-refractivity contribution in [2.45, 2.75) is 44.1 Å². The fourth-order valence-electron chi connectivity index (χ4n) is 8.59. The van der Waals surface area contributed by atoms with E-state index in [-0.39, 0.29) is 36.4 Å². The highest BCUT2D eigenvalue weighted by atomic mass is 16.3. The number of nitrogens with one attached hydrogen (secondary N) is 1. The predicted octanol–water partition coefficient (Wildman–Crippen LogP) is 1.70. The highest BCUT2D eigenvalue weighted by Crippen LogP contribution is 2.52. The van der Waals surface area contributed by atoms with Gasteiger partial charge in [-0.25, -0.2) is 0 Å². The first-order valence-corrected chi connectivity index (χ1v) is 18.2. The van der Waals surface area contributed by atoms with E-state index < -0.39 is 64.4 Å². The highest BCUT2D eigenvalue weighted by molar-refractivity contribution is 6.32. The molecule has 1 heterocycles. The van der Waals surface area contributed by atoms with Gasteiger partial charge in [0, 0.05) is 45.3 Å². The number of likely N-dealkylation sites (N-methyl/N-ethyl adjacent to an activating group) is 2. The van der Waals surface area contributed by atoms with Gasteiger partial charge in [-0.2, -0.15) is 0 Å². The molecule has 2 fully saturated rings. The molecule has 5 N–H and O–H groups in total. The largest absolute Gasteiger partial charge is 0.505 e. The molecular formula is C40H50N6O8. The van der Waals surface area contributed by atoms with Crippen molar-refractivity contribution in [2.75, 3.05) is 65.6 Å². The van der Waals surface area contributed by atoms with Crippen molar-refractivity contribution >= 4 is 40.4 Å². The van der Waals surface area contributed by atoms with Crippen LogP contribution in [0.15, 0.2) is 52.9 Å². The number of phenols is 1. The summed E-state index contributed by atoms with van der Waals surface area (Å²) in [5.74, 6) is -9.51. The summed E-state index contributed by atoms with van der Waals surface area (Å²) in [6, 6.07) is 14.6. The van der Waals surface area contributed by atoms with Crippen molar-refractivity contribution in [1.82, 2.24) is 14.7 Å². The van der Waals surface area contributed by atoms with Gasteiger partial charge < -0.3 is 35.5 Å². The number of hydrogen-bond donors (Lipinski definition) is 4. The van der Waals surface area contributed by atoms with E-state index in [4.69, 9.17) is 10.2 Å². The molecule has 0 radical (unpaired) electrons. The average molecular weight is 743 g/mol. The third-order valence-electron chi connectivity index (χ3n) is 11.2. The number of phenolic OH excluding ortho intramolecular Hbond substituents is 1. The Balaban J connectivity index is 1.26. The number of carbonyl (C=O) groups excluding carboxylic acids is 5. The van der Waals surface area contributed by atoms with Gasteiger partial charge in [-0.05, 0) is 76.3 Å². The maximum Gasteiger partial charge on any atom is 0.235 e. The molecule has 3 aliphatic carbocycles. The Morgan fingerprint density at radius 2 is 1.63 bits per heavy atom. The number of amides is 1. The molecule has 3 aliphatic rings. The minimum absolute atomic E-state index is 0.0176. The van der Waals surface area contributed by atoms with Crippen LogP contribution in [0, 0.1) is 23.7 Å². The van der Waals surface area contributed by atoms with Crippen molar-refractivity contribution in [1.29, 1.82) is 0 Å². The van der Waals surface area contributed by atoms with Crippen LogP contribution in [0.3, 0.4) is 0 Å². The number of nitrogens with two attached hydrogens (primary N) is 1. The first-order valence-electron chi connectivity index (χ1n) is 18.2. The molecule has 14 heteroatoms. The third-order valence-corrected chi connectivity index (χ3v) is 11.2. The lowest BCUT2D eigenvalue weighted by atomic mass is 9.52. The summed E-state index contributed by atoms with van der Waals surface area (Å²) in [7, 11) is 10.8. The number of Topliss-reactive ketones (excluding diaryl/α,β-unsaturated/α-hetero) is 4. The number of rotatable bonds is 13. The quantitative estimate of drug-likeness (QED) is 0.146. The molecule has 54 heavy (non-hydrogen) atoms. The van der Waals surface area contributed by atoms with E-state index in [1.54, 1.807) is 34.3 Å². The lowest BCUT2D eigenvalue weighted by Crippen LogP contribution is -2.74. The van der Waals surface area contributed by atoms with E-state index in [0.717, 1.165) is 25.4 Å². The zero-order valence-electron chi connectivity index (χ0n) is 31.7. The summed E-state index contributed by atoms with van der Waals surface area (Å²) in [6.07, 6.45) is 0.151. The Hall–Kier alpha value is -4.89. The minimum atomic E-state index is -2.78. The van der Waals surface area contributed by atoms with Gasteiger partial charge in [0.25, 0.3) is 0 Å². The number of ketones is 4. The van der Waals surface area contributed by atoms with Gasteiger partial charge >= 0.3 is 0 Å². The average Bonchev–Trinajstić information content (AvgIpc) is 3.55. The van der Waals surface area contributed by atoms with Crippen molar-refractivity contribution in [3.8, 4) is 5.75 Å². The summed E-state index contributed by atoms with van der Waals surface area (Å²) in [5, 5.41) is 26.8. The molecule has 1 aromatic heterocycles. The normalized spacial score (nSPS) is 25.2. The highest BCUT2D eigenvalue weighted by Gasteiger charge is 2.69. The first-order chi connectivity index (χ1) is 25.5. The van der Waals surface area contributed by atoms with E-state index in [9.17, 15) is 34.2 Å². The van der Waals surface area contributed by atoms with Crippen molar-refractivity contribution < 1.29 is 38.6 Å². The number of primary amides is 1. The summed E-state index contributed by atoms with van der Waals surface area (Å²) < 4.78 is 6.20. The van der Waals surface area contributed by atoms with Crippen LogP contribution >= 0.6 is 0 Å². The van der Waals surface area contributed by atoms with Gasteiger partial charge in [0.2, 0.25) is 5.91 Å². The van der Waals surface area contributed by atoms with E-state index in [1.165, 1.54) is 10.5 Å². The van der Waals surface area contributed by atoms with Crippen LogP contribution in [0.2, 0.25) is 0 Å². The van der Waals surface area contributed by atoms with Gasteiger partial charge in [0.1, 0.15) is 17.3 Å². The summed E-state index contributed by atoms with van der Waals surface area (Å²) >= 11 is 0. The van der Waals surface area contributed by atoms with Crippen LogP contribution in [-0.2, 0) is 45.2 Å². The SMILES string of the molecule is CN(C)CCN(Cc1ccccc1)Cc1ccc(CNc2cc(N(C)C)c3c(c2O)C(=O)C2C(=O)[C@@]4(O)C(=O)C(C(N)=O)C(=O)[C@H](N(C)C)[C@H]4C[C@H]2C3)o1. The zero-order valence-corrected chi connectivity index (χ0v) is 31.7. The number of hydrogen-bond acceptors (Lipinski definition) is 13. The minimum Gasteiger partial charge on any atom is -0.505 e. The van der Waals surface area contributed by atoms with Gasteiger partial charge in [-0.1, -0.05) is 30.3 Å². The van der Waals surface area contributed by atoms with Crippen LogP contribution in [0.1, 0.15) is 39.4 Å². The molecule has 2 saturated carbocycles. The second-order valence-corrected chi connectivity index (χ2v) is 15.6. The zero-order chi connectivity index (χ0) is 39.2. The van der Waals surface area contributed by atoms with Crippen LogP contribution in [0.5, 0.6) is 5.75 Å². The van der Waals surface area contributed by atoms with E-state index in [1.807, 2.05) is 49.3 Å². The molecular weight excluding hydrogens is 692 g/mol. The Kier molecular flexibility index (Phi) is 10.9. The predicted molar refractivity (Wildman–Crippen MR) is 201 cm³/mol. The number of furan rings is 1. The molecule has 0 aliphatic heterocycles. The molecule has 2 unspecified atom stereocenters. The Bertz CT molecular complexity index is 1960. The lowest BCUT2D eigenvalue weighted by Gasteiger charge is -2.52. The van der Waals surface area contributed by atoms with Crippen molar-refractivity contribution in [3.05, 3.63) is 76.7 Å². The topological polar surface area (TPSA) is 190 Å². The van der Waals surface area contributed by atoms with Crippen LogP contribution in [-0.4, -0.2) is 121 Å². The molecule has 0 saturated heterocycles. The molecule has 0 spiro atoms. The number of aromatic hydroxyl groups is 1. The molecule has 1 amide bonds. The summed E-state index contributed by atoms with van der Waals surface area (Å²) in [5.41, 5.74) is 5.17. The Morgan fingerprint density at radius 1 is 0.944 bits per heavy atom. The molecule has 3 aromatic rings. The standard InChI is InChI=1S/C40H50N6O8/c1-43(2)14-15-46(20-22-10-8-7-9-11-22)21-25-13-12-24(54-25)19-42-28-18-29(44(3)4)26-16-23-17-27-33(45(5)6)36(49)32(39(41)52)38(51)40(27,53)37(50)30(23)35(48)31(26)34(28)47/h7-13,18,23,27,30,32-33,42,47,53H,14-17,19-21H2,1-6H3,(H2,41,52)/t23-,27-,30?,32?,33-,40-/m1/s1. The fraction of sp³-hybridized carbons (Fsp3) is 0.475. The van der Waals surface area contributed by atoms with Crippen molar-refractivity contribution in [3.63, 3.8) is 0 Å². The van der Waals surface area contributed by atoms with Gasteiger partial charge in [-0.3, -0.25) is 33.8 Å². The Labute approximate surface area is 314 Å². The molecule has 6 rings (SSSR count). The number of carbonyl (C=O) groups is 5. The van der Waals surface area contributed by atoms with Gasteiger partial charge in [0.15, 0.2) is 34.7 Å². The lowest BCUT2D eigenvalue weighted by molar-refractivity contribution is -0.181. The summed E-state index contributed by atoms with van der Waals surface area (Å²) in [4.78, 5) is 75.7. The number of fused-ring (bicyclic) bond motifs is 3. The first kappa shape index (κ1) is 38.8. The molecule has 2 aromatic carbocycles. The van der Waals surface area contributed by atoms with E-state index >= 15 is 0 Å². The molecule has 6 atom stereocenters. The van der Waals surface area contributed by atoms with Crippen LogP contribution in [0.4, 0.5) is 11.4 Å². The van der Waals surface area contributed by atoms with E-state index in [0.29, 0.717) is 23.6 Å². The fourth-order valence-corrected chi connectivity index (χ4v) is 8.59. The maximum absolute atomic E-state index is 14.4. The molecule has 14 nitrogen and oxygen atoms in total. The molecule has 288 valence electrons. The second-order valence-electron chi connectivity index (χ2n) is 15.6. The van der Waals surface area contributed by atoms with Gasteiger partial charge in [-0.15, -0.1) is 0 Å².